The number of benzene rings is 1. The number of aromatic nitrogens is 1. The average molecular weight is 349 g/mol. The molecule has 1 amide bonds. The summed E-state index contributed by atoms with van der Waals surface area (Å²) in [5, 5.41) is 21.3. The monoisotopic (exact) mass is 349 g/mol. The lowest BCUT2D eigenvalue weighted by Crippen LogP contribution is -2.33. The number of amides is 1. The molecule has 2 N–H and O–H groups in total. The smallest absolute Gasteiger partial charge is 0.335 e. The fraction of sp³-hybridized carbons (Fsp3) is 0.250. The maximum atomic E-state index is 12.3. The van der Waals surface area contributed by atoms with E-state index in [0.717, 1.165) is 31.4 Å². The van der Waals surface area contributed by atoms with Crippen LogP contribution in [0.15, 0.2) is 48.2 Å². The Kier molecular flexibility index (Phi) is 5.18. The van der Waals surface area contributed by atoms with E-state index in [1.807, 2.05) is 6.07 Å². The molecule has 1 aliphatic rings. The van der Waals surface area contributed by atoms with Gasteiger partial charge in [-0.3, -0.25) is 4.79 Å². The van der Waals surface area contributed by atoms with Crippen molar-refractivity contribution in [3.63, 3.8) is 0 Å². The van der Waals surface area contributed by atoms with E-state index >= 15 is 0 Å². The Morgan fingerprint density at radius 3 is 2.50 bits per heavy atom. The highest BCUT2D eigenvalue weighted by atomic mass is 16.4. The van der Waals surface area contributed by atoms with Gasteiger partial charge in [-0.15, -0.1) is 0 Å². The van der Waals surface area contributed by atoms with Gasteiger partial charge in [0.1, 0.15) is 11.6 Å². The van der Waals surface area contributed by atoms with Gasteiger partial charge < -0.3 is 15.0 Å². The van der Waals surface area contributed by atoms with Crippen molar-refractivity contribution < 1.29 is 14.7 Å². The van der Waals surface area contributed by atoms with Gasteiger partial charge in [-0.1, -0.05) is 12.8 Å². The maximum absolute atomic E-state index is 12.3. The van der Waals surface area contributed by atoms with E-state index in [0.29, 0.717) is 5.69 Å². The number of carboxylic acids is 1. The van der Waals surface area contributed by atoms with E-state index in [2.05, 4.69) is 5.32 Å². The lowest BCUT2D eigenvalue weighted by molar-refractivity contribution is -0.117. The van der Waals surface area contributed by atoms with Crippen molar-refractivity contribution in [2.24, 2.45) is 0 Å². The van der Waals surface area contributed by atoms with Crippen LogP contribution < -0.4 is 5.32 Å². The summed E-state index contributed by atoms with van der Waals surface area (Å²) in [6, 6.07) is 12.1. The van der Waals surface area contributed by atoms with Crippen molar-refractivity contribution in [2.75, 3.05) is 0 Å². The van der Waals surface area contributed by atoms with Gasteiger partial charge in [0.15, 0.2) is 0 Å². The molecule has 2 aromatic rings. The first-order chi connectivity index (χ1) is 12.6. The third-order valence-electron chi connectivity index (χ3n) is 4.52. The minimum absolute atomic E-state index is 0.0546. The van der Waals surface area contributed by atoms with E-state index in [-0.39, 0.29) is 23.1 Å². The van der Waals surface area contributed by atoms with E-state index in [4.69, 9.17) is 5.11 Å². The molecule has 0 aliphatic heterocycles. The Hall–Kier alpha value is -3.33. The Morgan fingerprint density at radius 2 is 1.88 bits per heavy atom. The van der Waals surface area contributed by atoms with Gasteiger partial charge in [0.2, 0.25) is 0 Å². The SMILES string of the molecule is N#C/C(=C/c1cccn1-c1ccc(C(=O)O)cc1)C(=O)NC1CCCC1. The van der Waals surface area contributed by atoms with Crippen LogP contribution >= 0.6 is 0 Å². The summed E-state index contributed by atoms with van der Waals surface area (Å²) in [4.78, 5) is 23.3. The summed E-state index contributed by atoms with van der Waals surface area (Å²) in [5.74, 6) is -1.34. The standard InChI is InChI=1S/C20H19N3O3/c21-13-15(19(24)22-16-4-1-2-5-16)12-18-6-3-11-23(18)17-9-7-14(8-10-17)20(25)26/h3,6-12,16H,1-2,4-5H2,(H,22,24)(H,25,26)/b15-12-. The lowest BCUT2D eigenvalue weighted by atomic mass is 10.1. The van der Waals surface area contributed by atoms with Crippen molar-refractivity contribution in [3.8, 4) is 11.8 Å². The number of rotatable bonds is 5. The third-order valence-corrected chi connectivity index (χ3v) is 4.52. The minimum Gasteiger partial charge on any atom is -0.478 e. The number of nitrogens with one attached hydrogen (secondary N) is 1. The van der Waals surface area contributed by atoms with Crippen molar-refractivity contribution in [1.29, 1.82) is 5.26 Å². The number of hydrogen-bond acceptors (Lipinski definition) is 3. The fourth-order valence-corrected chi connectivity index (χ4v) is 3.14. The molecule has 1 saturated carbocycles. The molecule has 132 valence electrons. The number of nitrogens with zero attached hydrogens (tertiary/aromatic N) is 2. The number of aromatic carboxylic acids is 1. The van der Waals surface area contributed by atoms with Gasteiger partial charge in [-0.2, -0.15) is 5.26 Å². The van der Waals surface area contributed by atoms with Crippen LogP contribution in [0.4, 0.5) is 0 Å². The first-order valence-corrected chi connectivity index (χ1v) is 8.52. The van der Waals surface area contributed by atoms with E-state index in [9.17, 15) is 14.9 Å². The molecule has 0 atom stereocenters. The zero-order chi connectivity index (χ0) is 18.5. The predicted octanol–water partition coefficient (Wildman–Crippen LogP) is 3.14. The highest BCUT2D eigenvalue weighted by Crippen LogP contribution is 2.19. The van der Waals surface area contributed by atoms with Gasteiger partial charge in [-0.05, 0) is 55.3 Å². The van der Waals surface area contributed by atoms with Gasteiger partial charge in [-0.25, -0.2) is 4.79 Å². The molecule has 6 heteroatoms. The number of carbonyl (C=O) groups excluding carboxylic acids is 1. The van der Waals surface area contributed by atoms with E-state index in [1.54, 1.807) is 41.1 Å². The van der Waals surface area contributed by atoms with Crippen LogP contribution in [-0.2, 0) is 4.79 Å². The molecule has 1 aromatic carbocycles. The second-order valence-electron chi connectivity index (χ2n) is 6.28. The lowest BCUT2D eigenvalue weighted by Gasteiger charge is -2.11. The van der Waals surface area contributed by atoms with Crippen molar-refractivity contribution in [1.82, 2.24) is 9.88 Å². The zero-order valence-corrected chi connectivity index (χ0v) is 14.2. The van der Waals surface area contributed by atoms with Crippen LogP contribution in [-0.4, -0.2) is 27.6 Å². The van der Waals surface area contributed by atoms with Gasteiger partial charge >= 0.3 is 5.97 Å². The summed E-state index contributed by atoms with van der Waals surface area (Å²) in [6.07, 6.45) is 7.46. The number of carbonyl (C=O) groups is 2. The molecule has 3 rings (SSSR count). The molecule has 0 bridgehead atoms. The summed E-state index contributed by atoms with van der Waals surface area (Å²) in [5.41, 5.74) is 1.68. The Balaban J connectivity index is 1.84. The van der Waals surface area contributed by atoms with E-state index < -0.39 is 5.97 Å². The molecule has 6 nitrogen and oxygen atoms in total. The van der Waals surface area contributed by atoms with Crippen LogP contribution in [0.25, 0.3) is 11.8 Å². The molecule has 1 fully saturated rings. The highest BCUT2D eigenvalue weighted by Gasteiger charge is 2.19. The summed E-state index contributed by atoms with van der Waals surface area (Å²) >= 11 is 0. The average Bonchev–Trinajstić information content (AvgIpc) is 3.31. The molecule has 0 radical (unpaired) electrons. The summed E-state index contributed by atoms with van der Waals surface area (Å²) in [7, 11) is 0. The Bertz CT molecular complexity index is 882. The molecule has 1 aliphatic carbocycles. The minimum atomic E-state index is -0.987. The molecule has 0 saturated heterocycles. The third kappa shape index (κ3) is 3.83. The molecule has 0 unspecified atom stereocenters. The normalized spacial score (nSPS) is 14.8. The first kappa shape index (κ1) is 17.5. The Labute approximate surface area is 151 Å². The topological polar surface area (TPSA) is 95.1 Å². The van der Waals surface area contributed by atoms with Crippen molar-refractivity contribution >= 4 is 18.0 Å². The zero-order valence-electron chi connectivity index (χ0n) is 14.2. The molecule has 1 aromatic heterocycles. The van der Waals surface area contributed by atoms with Crippen molar-refractivity contribution in [3.05, 3.63) is 59.4 Å². The van der Waals surface area contributed by atoms with Crippen LogP contribution in [0.5, 0.6) is 0 Å². The number of carboxylic acid groups (broad SMARTS) is 1. The molecule has 0 spiro atoms. The second kappa shape index (κ2) is 7.70. The number of hydrogen-bond donors (Lipinski definition) is 2. The largest absolute Gasteiger partial charge is 0.478 e. The molecular weight excluding hydrogens is 330 g/mol. The molecular formula is C20H19N3O3. The van der Waals surface area contributed by atoms with Crippen LogP contribution in [0, 0.1) is 11.3 Å². The Morgan fingerprint density at radius 1 is 1.19 bits per heavy atom. The van der Waals surface area contributed by atoms with Gasteiger partial charge in [0, 0.05) is 23.6 Å². The second-order valence-corrected chi connectivity index (χ2v) is 6.28. The predicted molar refractivity (Wildman–Crippen MR) is 96.7 cm³/mol. The van der Waals surface area contributed by atoms with Crippen LogP contribution in [0.2, 0.25) is 0 Å². The van der Waals surface area contributed by atoms with E-state index in [1.165, 1.54) is 12.1 Å². The number of nitriles is 1. The fourth-order valence-electron chi connectivity index (χ4n) is 3.14. The molecule has 1 heterocycles. The van der Waals surface area contributed by atoms with Crippen LogP contribution in [0.1, 0.15) is 41.7 Å². The quantitative estimate of drug-likeness (QED) is 0.640. The van der Waals surface area contributed by atoms with Gasteiger partial charge in [0.25, 0.3) is 5.91 Å². The van der Waals surface area contributed by atoms with Gasteiger partial charge in [0.05, 0.1) is 5.56 Å². The first-order valence-electron chi connectivity index (χ1n) is 8.52. The molecule has 26 heavy (non-hydrogen) atoms. The highest BCUT2D eigenvalue weighted by molar-refractivity contribution is 6.01. The summed E-state index contributed by atoms with van der Waals surface area (Å²) in [6.45, 7) is 0. The maximum Gasteiger partial charge on any atom is 0.335 e. The summed E-state index contributed by atoms with van der Waals surface area (Å²) < 4.78 is 1.80. The van der Waals surface area contributed by atoms with Crippen molar-refractivity contribution in [2.45, 2.75) is 31.7 Å². The van der Waals surface area contributed by atoms with Crippen LogP contribution in [0.3, 0.4) is 0 Å².